The van der Waals surface area contributed by atoms with Crippen LogP contribution < -0.4 is 10.1 Å². The lowest BCUT2D eigenvalue weighted by Gasteiger charge is -2.13. The van der Waals surface area contributed by atoms with E-state index in [1.54, 1.807) is 7.11 Å². The van der Waals surface area contributed by atoms with Crippen LogP contribution in [-0.2, 0) is 17.6 Å². The molecule has 0 bridgehead atoms. The summed E-state index contributed by atoms with van der Waals surface area (Å²) in [6.07, 6.45) is 2.49. The van der Waals surface area contributed by atoms with Crippen molar-refractivity contribution in [2.75, 3.05) is 33.4 Å². The monoisotopic (exact) mass is 379 g/mol. The molecular weight excluding hydrogens is 350 g/mol. The quantitative estimate of drug-likeness (QED) is 0.556. The molecule has 1 atom stereocenters. The van der Waals surface area contributed by atoms with E-state index in [4.69, 9.17) is 9.47 Å². The number of methoxy groups -OCH3 is 1. The number of aryl methyl sites for hydroxylation is 1. The maximum atomic E-state index is 9.99. The predicted molar refractivity (Wildman–Crippen MR) is 108 cm³/mol. The second kappa shape index (κ2) is 13.6. The lowest BCUT2D eigenvalue weighted by molar-refractivity contribution is 0.106. The van der Waals surface area contributed by atoms with Gasteiger partial charge in [0, 0.05) is 13.7 Å². The van der Waals surface area contributed by atoms with Gasteiger partial charge >= 0.3 is 0 Å². The molecule has 0 aliphatic rings. The SMILES string of the molecule is COCCc1ccc(OCC(O)CNCCCc2ccccc2)cc1.Cl. The summed E-state index contributed by atoms with van der Waals surface area (Å²) in [5.74, 6) is 0.782. The zero-order valence-corrected chi connectivity index (χ0v) is 16.2. The van der Waals surface area contributed by atoms with E-state index < -0.39 is 6.10 Å². The zero-order chi connectivity index (χ0) is 17.7. The number of hydrogen-bond donors (Lipinski definition) is 2. The molecule has 2 rings (SSSR count). The summed E-state index contributed by atoms with van der Waals surface area (Å²) in [7, 11) is 1.70. The fourth-order valence-electron chi connectivity index (χ4n) is 2.55. The molecule has 2 aromatic carbocycles. The van der Waals surface area contributed by atoms with Crippen molar-refractivity contribution in [1.82, 2.24) is 5.32 Å². The number of rotatable bonds is 12. The van der Waals surface area contributed by atoms with Crippen LogP contribution in [0.15, 0.2) is 54.6 Å². The average molecular weight is 380 g/mol. The Balaban J connectivity index is 0.00000338. The summed E-state index contributed by atoms with van der Waals surface area (Å²) in [6, 6.07) is 18.4. The maximum absolute atomic E-state index is 9.99. The smallest absolute Gasteiger partial charge is 0.119 e. The normalized spacial score (nSPS) is 11.6. The first-order valence-electron chi connectivity index (χ1n) is 8.91. The number of halogens is 1. The zero-order valence-electron chi connectivity index (χ0n) is 15.4. The number of aliphatic hydroxyl groups is 1. The molecule has 0 saturated heterocycles. The van der Waals surface area contributed by atoms with Crippen molar-refractivity contribution in [3.8, 4) is 5.75 Å². The first-order valence-corrected chi connectivity index (χ1v) is 8.91. The molecule has 144 valence electrons. The molecule has 0 aromatic heterocycles. The molecule has 0 aliphatic heterocycles. The number of nitrogens with one attached hydrogen (secondary N) is 1. The van der Waals surface area contributed by atoms with Crippen LogP contribution in [0.3, 0.4) is 0 Å². The van der Waals surface area contributed by atoms with Crippen LogP contribution in [0, 0.1) is 0 Å². The van der Waals surface area contributed by atoms with Gasteiger partial charge in [0.2, 0.25) is 0 Å². The Kier molecular flexibility index (Phi) is 11.7. The third-order valence-corrected chi connectivity index (χ3v) is 4.00. The van der Waals surface area contributed by atoms with Crippen molar-refractivity contribution < 1.29 is 14.6 Å². The summed E-state index contributed by atoms with van der Waals surface area (Å²) in [4.78, 5) is 0. The molecule has 0 radical (unpaired) electrons. The second-order valence-corrected chi connectivity index (χ2v) is 6.14. The molecule has 0 heterocycles. The summed E-state index contributed by atoms with van der Waals surface area (Å²) < 4.78 is 10.7. The Labute approximate surface area is 162 Å². The van der Waals surface area contributed by atoms with Crippen LogP contribution >= 0.6 is 12.4 Å². The lowest BCUT2D eigenvalue weighted by Crippen LogP contribution is -2.32. The van der Waals surface area contributed by atoms with Crippen molar-refractivity contribution in [3.05, 3.63) is 65.7 Å². The van der Waals surface area contributed by atoms with E-state index in [1.165, 1.54) is 11.1 Å². The Morgan fingerprint density at radius 1 is 0.962 bits per heavy atom. The van der Waals surface area contributed by atoms with Gasteiger partial charge in [0.05, 0.1) is 6.61 Å². The van der Waals surface area contributed by atoms with Crippen molar-refractivity contribution >= 4 is 12.4 Å². The number of aliphatic hydroxyl groups excluding tert-OH is 1. The average Bonchev–Trinajstić information content (AvgIpc) is 2.66. The lowest BCUT2D eigenvalue weighted by atomic mass is 10.1. The molecule has 5 heteroatoms. The van der Waals surface area contributed by atoms with E-state index in [0.29, 0.717) is 13.2 Å². The maximum Gasteiger partial charge on any atom is 0.119 e. The van der Waals surface area contributed by atoms with Crippen LogP contribution in [0.2, 0.25) is 0 Å². The van der Waals surface area contributed by atoms with Gasteiger partial charge in [0.25, 0.3) is 0 Å². The highest BCUT2D eigenvalue weighted by Crippen LogP contribution is 2.13. The molecule has 4 nitrogen and oxygen atoms in total. The minimum absolute atomic E-state index is 0. The molecule has 0 fully saturated rings. The fourth-order valence-corrected chi connectivity index (χ4v) is 2.55. The van der Waals surface area contributed by atoms with Gasteiger partial charge in [-0.25, -0.2) is 0 Å². The Hall–Kier alpha value is -1.59. The first-order chi connectivity index (χ1) is 12.3. The standard InChI is InChI=1S/C21H29NO3.ClH/c1-24-15-13-19-9-11-21(12-10-19)25-17-20(23)16-22-14-5-8-18-6-3-2-4-7-18;/h2-4,6-7,9-12,20,22-23H,5,8,13-17H2,1H3;1H. The van der Waals surface area contributed by atoms with Crippen LogP contribution in [0.4, 0.5) is 0 Å². The first kappa shape index (κ1) is 22.5. The molecule has 0 aliphatic carbocycles. The van der Waals surface area contributed by atoms with Gasteiger partial charge in [-0.3, -0.25) is 0 Å². The third kappa shape index (κ3) is 9.20. The summed E-state index contributed by atoms with van der Waals surface area (Å²) >= 11 is 0. The van der Waals surface area contributed by atoms with Crippen molar-refractivity contribution in [2.45, 2.75) is 25.4 Å². The largest absolute Gasteiger partial charge is 0.491 e. The van der Waals surface area contributed by atoms with E-state index in [1.807, 2.05) is 30.3 Å². The number of hydrogen-bond acceptors (Lipinski definition) is 4. The number of ether oxygens (including phenoxy) is 2. The van der Waals surface area contributed by atoms with E-state index in [0.717, 1.165) is 38.2 Å². The second-order valence-electron chi connectivity index (χ2n) is 6.14. The van der Waals surface area contributed by atoms with Gasteiger partial charge < -0.3 is 19.9 Å². The molecule has 0 amide bonds. The van der Waals surface area contributed by atoms with Gasteiger partial charge in [0.15, 0.2) is 0 Å². The van der Waals surface area contributed by atoms with Gasteiger partial charge in [0.1, 0.15) is 18.5 Å². The highest BCUT2D eigenvalue weighted by molar-refractivity contribution is 5.85. The fraction of sp³-hybridized carbons (Fsp3) is 0.429. The van der Waals surface area contributed by atoms with Crippen molar-refractivity contribution in [3.63, 3.8) is 0 Å². The predicted octanol–water partition coefficient (Wildman–Crippen LogP) is 3.26. The third-order valence-electron chi connectivity index (χ3n) is 4.00. The Morgan fingerprint density at radius 3 is 2.35 bits per heavy atom. The van der Waals surface area contributed by atoms with E-state index in [-0.39, 0.29) is 12.4 Å². The van der Waals surface area contributed by atoms with Crippen LogP contribution in [-0.4, -0.2) is 44.6 Å². The summed E-state index contributed by atoms with van der Waals surface area (Å²) in [5.41, 5.74) is 2.57. The van der Waals surface area contributed by atoms with Crippen LogP contribution in [0.5, 0.6) is 5.75 Å². The highest BCUT2D eigenvalue weighted by atomic mass is 35.5. The Bertz CT molecular complexity index is 578. The van der Waals surface area contributed by atoms with Crippen LogP contribution in [0.25, 0.3) is 0 Å². The summed E-state index contributed by atoms with van der Waals surface area (Å²) in [5, 5.41) is 13.3. The molecule has 0 spiro atoms. The topological polar surface area (TPSA) is 50.7 Å². The molecule has 2 N–H and O–H groups in total. The molecule has 0 saturated carbocycles. The molecule has 1 unspecified atom stereocenters. The number of benzene rings is 2. The van der Waals surface area contributed by atoms with Gasteiger partial charge in [-0.05, 0) is 49.1 Å². The summed E-state index contributed by atoms with van der Waals surface area (Å²) in [6.45, 7) is 2.44. The Morgan fingerprint density at radius 2 is 1.65 bits per heavy atom. The minimum Gasteiger partial charge on any atom is -0.491 e. The van der Waals surface area contributed by atoms with Crippen molar-refractivity contribution in [2.24, 2.45) is 0 Å². The van der Waals surface area contributed by atoms with E-state index in [2.05, 4.69) is 29.6 Å². The van der Waals surface area contributed by atoms with Gasteiger partial charge in [-0.1, -0.05) is 42.5 Å². The molecule has 26 heavy (non-hydrogen) atoms. The van der Waals surface area contributed by atoms with Gasteiger partial charge in [-0.2, -0.15) is 0 Å². The van der Waals surface area contributed by atoms with Crippen molar-refractivity contribution in [1.29, 1.82) is 0 Å². The minimum atomic E-state index is -0.509. The van der Waals surface area contributed by atoms with Gasteiger partial charge in [-0.15, -0.1) is 12.4 Å². The highest BCUT2D eigenvalue weighted by Gasteiger charge is 2.05. The van der Waals surface area contributed by atoms with Crippen LogP contribution in [0.1, 0.15) is 17.5 Å². The molecular formula is C21H30ClNO3. The van der Waals surface area contributed by atoms with E-state index in [9.17, 15) is 5.11 Å². The molecule has 2 aromatic rings. The van der Waals surface area contributed by atoms with E-state index >= 15 is 0 Å².